The second-order valence-corrected chi connectivity index (χ2v) is 18.0. The Bertz CT molecular complexity index is 2470. The van der Waals surface area contributed by atoms with Crippen molar-refractivity contribution in [3.8, 4) is 98.5 Å². The molecule has 0 atom stereocenters. The van der Waals surface area contributed by atoms with Crippen LogP contribution in [0.15, 0.2) is 170 Å². The highest BCUT2D eigenvalue weighted by molar-refractivity contribution is 7.18. The molecule has 0 spiro atoms. The maximum Gasteiger partial charge on any atom is 0.134 e. The van der Waals surface area contributed by atoms with E-state index in [1.54, 1.807) is 51.1 Å². The number of rotatable bonds is 18. The first-order valence-electron chi connectivity index (χ1n) is 23.1. The lowest BCUT2D eigenvalue weighted by Crippen LogP contribution is -2.39. The number of unbranched alkanes of at least 4 members (excludes halogenated alkanes) is 2. The van der Waals surface area contributed by atoms with Crippen LogP contribution in [0.2, 0.25) is 0 Å². The predicted octanol–water partition coefficient (Wildman–Crippen LogP) is 14.1. The summed E-state index contributed by atoms with van der Waals surface area (Å²) in [7, 11) is 3.59. The third kappa shape index (κ3) is 15.6. The Morgan fingerprint density at radius 2 is 0.686 bits per heavy atom. The van der Waals surface area contributed by atoms with Gasteiger partial charge in [-0.05, 0) is 110 Å². The van der Waals surface area contributed by atoms with Crippen molar-refractivity contribution in [2.75, 3.05) is 41.7 Å². The first-order chi connectivity index (χ1) is 34.1. The molecular weight excluding hydrogens is 919 g/mol. The van der Waals surface area contributed by atoms with Crippen LogP contribution in [0.4, 0.5) is 4.32 Å². The van der Waals surface area contributed by atoms with Crippen LogP contribution in [0.25, 0.3) is 64.0 Å². The van der Waals surface area contributed by atoms with Crippen molar-refractivity contribution in [2.45, 2.75) is 39.5 Å². The van der Waals surface area contributed by atoms with Crippen LogP contribution in [0.1, 0.15) is 39.5 Å². The van der Waals surface area contributed by atoms with E-state index in [2.05, 4.69) is 135 Å². The summed E-state index contributed by atoms with van der Waals surface area (Å²) in [5, 5.41) is 16.6. The highest BCUT2D eigenvalue weighted by atomic mass is 32.1. The van der Waals surface area contributed by atoms with Gasteiger partial charge in [-0.1, -0.05) is 49.4 Å². The highest BCUT2D eigenvalue weighted by Crippen LogP contribution is 2.40. The van der Waals surface area contributed by atoms with E-state index in [4.69, 9.17) is 38.5 Å². The van der Waals surface area contributed by atoms with Crippen molar-refractivity contribution >= 4 is 30.1 Å². The highest BCUT2D eigenvalue weighted by Gasteiger charge is 2.17. The van der Waals surface area contributed by atoms with E-state index in [0.29, 0.717) is 0 Å². The molecule has 8 nitrogen and oxygen atoms in total. The second-order valence-electron chi connectivity index (χ2n) is 15.8. The third-order valence-corrected chi connectivity index (χ3v) is 13.3. The number of ether oxygens (including phenoxy) is 6. The van der Waals surface area contributed by atoms with Crippen LogP contribution in [0, 0.1) is 0 Å². The minimum absolute atomic E-state index is 0.756. The Labute approximate surface area is 420 Å². The molecule has 360 valence electrons. The van der Waals surface area contributed by atoms with E-state index in [0.717, 1.165) is 107 Å². The molecule has 0 amide bonds. The van der Waals surface area contributed by atoms with Gasteiger partial charge in [-0.15, -0.1) is 0 Å². The molecule has 6 aromatic carbocycles. The van der Waals surface area contributed by atoms with E-state index in [1.807, 2.05) is 48.5 Å². The van der Waals surface area contributed by atoms with Gasteiger partial charge in [-0.25, -0.2) is 0 Å². The lowest BCUT2D eigenvalue weighted by Gasteiger charge is -2.09. The lowest BCUT2D eigenvalue weighted by molar-refractivity contribution is -0.366. The van der Waals surface area contributed by atoms with Gasteiger partial charge in [-0.3, -0.25) is 0 Å². The van der Waals surface area contributed by atoms with E-state index < -0.39 is 7.40 Å². The van der Waals surface area contributed by atoms with Crippen molar-refractivity contribution in [1.82, 2.24) is 0 Å². The number of methoxy groups -OCH3 is 4. The van der Waals surface area contributed by atoms with E-state index in [1.165, 1.54) is 30.6 Å². The Morgan fingerprint density at radius 1 is 0.414 bits per heavy atom. The van der Waals surface area contributed by atoms with Crippen LogP contribution in [0.3, 0.4) is 0 Å². The fourth-order valence-electron chi connectivity index (χ4n) is 7.08. The van der Waals surface area contributed by atoms with Crippen molar-refractivity contribution in [3.63, 3.8) is 0 Å². The SMILES string of the molecule is CCCCOc1ccc(-c2cc(-c3ccc(OC)cc3)s[c+](-c3ccc(OC)cc3)c2)cc1.CCCCOc1ccc(-c2cc(-c3ccc(OC)cc3)s[c+](-c3ccc(OC)cc3)c2)cc1.[O-]B([O-])F. The molecule has 2 heterocycles. The van der Waals surface area contributed by atoms with Gasteiger partial charge in [0.25, 0.3) is 0 Å². The summed E-state index contributed by atoms with van der Waals surface area (Å²) in [6, 6.07) is 58.7. The molecule has 0 aliphatic carbocycles. The molecular formula is C58H58BFO8S2. The number of hydrogen-bond acceptors (Lipinski definition) is 10. The first-order valence-corrected chi connectivity index (χ1v) is 24.7. The third-order valence-electron chi connectivity index (χ3n) is 11.0. The van der Waals surface area contributed by atoms with Crippen LogP contribution in [-0.4, -0.2) is 49.0 Å². The summed E-state index contributed by atoms with van der Waals surface area (Å²) in [5.74, 6) is 5.25. The summed E-state index contributed by atoms with van der Waals surface area (Å²) >= 11 is 3.55. The van der Waals surface area contributed by atoms with Gasteiger partial charge in [0, 0.05) is 106 Å². The summed E-state index contributed by atoms with van der Waals surface area (Å²) in [6.45, 7) is 5.85. The fraction of sp³-hybridized carbons (Fsp3) is 0.207. The Balaban J connectivity index is 0.000000213. The maximum atomic E-state index is 9.89. The molecule has 0 bridgehead atoms. The van der Waals surface area contributed by atoms with Crippen molar-refractivity contribution in [2.24, 2.45) is 0 Å². The molecule has 0 unspecified atom stereocenters. The van der Waals surface area contributed by atoms with Crippen LogP contribution >= 0.6 is 22.7 Å². The monoisotopic (exact) mass is 976 g/mol. The average molecular weight is 977 g/mol. The van der Waals surface area contributed by atoms with Gasteiger partial charge in [0.05, 0.1) is 62.5 Å². The van der Waals surface area contributed by atoms with Gasteiger partial charge in [0.15, 0.2) is 0 Å². The van der Waals surface area contributed by atoms with Crippen molar-refractivity contribution < 1.29 is 42.8 Å². The minimum Gasteiger partial charge on any atom is -0.867 e. The molecule has 0 saturated heterocycles. The smallest absolute Gasteiger partial charge is 0.134 e. The molecule has 0 radical (unpaired) electrons. The fourth-order valence-corrected chi connectivity index (χ4v) is 9.32. The topological polar surface area (TPSA) is 102 Å². The number of hydrogen-bond donors (Lipinski definition) is 0. The first kappa shape index (κ1) is 52.5. The summed E-state index contributed by atoms with van der Waals surface area (Å²) < 4.78 is 42.9. The number of halogens is 1. The van der Waals surface area contributed by atoms with Crippen molar-refractivity contribution in [1.29, 1.82) is 0 Å². The lowest BCUT2D eigenvalue weighted by atomic mass is 10.0. The van der Waals surface area contributed by atoms with Gasteiger partial charge in [0.1, 0.15) is 51.6 Å². The number of benzene rings is 6. The van der Waals surface area contributed by atoms with Gasteiger partial charge < -0.3 is 42.8 Å². The molecule has 70 heavy (non-hydrogen) atoms. The molecule has 12 heteroatoms. The standard InChI is InChI=1S/2C29H29O3S.BFO2/c2*1-4-5-18-32-27-16-6-21(7-17-27)24-19-28(22-8-12-25(30-2)13-9-22)33-29(20-24)23-10-14-26(31-3)15-11-23;2-1(3)4/h2*6-17,19-20H,4-5,18H2,1-3H3;/q2*+1;-2. The van der Waals surface area contributed by atoms with Gasteiger partial charge >= 0.3 is 0 Å². The van der Waals surface area contributed by atoms with Crippen LogP contribution in [0.5, 0.6) is 34.5 Å². The molecule has 8 rings (SSSR count). The molecule has 0 aliphatic rings. The second kappa shape index (κ2) is 27.4. The molecule has 8 aromatic rings. The predicted molar refractivity (Wildman–Crippen MR) is 284 cm³/mol. The average Bonchev–Trinajstić information content (AvgIpc) is 3.41. The summed E-state index contributed by atoms with van der Waals surface area (Å²) in [4.78, 5) is 4.79. The maximum absolute atomic E-state index is 9.89. The largest absolute Gasteiger partial charge is 0.867 e. The van der Waals surface area contributed by atoms with E-state index in [-0.39, 0.29) is 0 Å². The zero-order valence-corrected chi connectivity index (χ0v) is 42.1. The zero-order chi connectivity index (χ0) is 49.7. The van der Waals surface area contributed by atoms with Gasteiger partial charge in [-0.2, -0.15) is 0 Å². The van der Waals surface area contributed by atoms with Crippen LogP contribution in [-0.2, 0) is 0 Å². The Hall–Kier alpha value is -6.83. The Kier molecular flexibility index (Phi) is 20.6. The normalized spacial score (nSPS) is 10.4. The molecule has 0 aliphatic heterocycles. The van der Waals surface area contributed by atoms with Crippen LogP contribution < -0.4 is 38.5 Å². The van der Waals surface area contributed by atoms with Gasteiger partial charge in [0.2, 0.25) is 0 Å². The minimum atomic E-state index is -3.17. The van der Waals surface area contributed by atoms with E-state index >= 15 is 0 Å². The quantitative estimate of drug-likeness (QED) is 0.0476. The molecule has 0 fully saturated rings. The molecule has 2 aromatic heterocycles. The molecule has 0 N–H and O–H groups in total. The summed E-state index contributed by atoms with van der Waals surface area (Å²) in [6.07, 6.45) is 4.40. The van der Waals surface area contributed by atoms with E-state index in [9.17, 15) is 4.32 Å². The van der Waals surface area contributed by atoms with Crippen molar-refractivity contribution in [3.05, 3.63) is 170 Å². The molecule has 0 saturated carbocycles. The zero-order valence-electron chi connectivity index (χ0n) is 40.4. The summed E-state index contributed by atoms with van der Waals surface area (Å²) in [5.41, 5.74) is 9.32. The Morgan fingerprint density at radius 3 is 0.971 bits per heavy atom.